The minimum Gasteiger partial charge on any atom is -0.497 e. The predicted molar refractivity (Wildman–Crippen MR) is 124 cm³/mol. The molecule has 0 bridgehead atoms. The molecule has 1 aliphatic rings. The number of piperidine rings is 1. The highest BCUT2D eigenvalue weighted by Gasteiger charge is 2.26. The van der Waals surface area contributed by atoms with Crippen LogP contribution in [0.25, 0.3) is 11.3 Å². The van der Waals surface area contributed by atoms with Gasteiger partial charge in [-0.2, -0.15) is 0 Å². The average molecular weight is 451 g/mol. The summed E-state index contributed by atoms with van der Waals surface area (Å²) in [4.78, 5) is 23.6. The molecule has 1 fully saturated rings. The summed E-state index contributed by atoms with van der Waals surface area (Å²) in [7, 11) is 3.21. The Bertz CT molecular complexity index is 1100. The van der Waals surface area contributed by atoms with E-state index in [1.807, 2.05) is 24.3 Å². The van der Waals surface area contributed by atoms with Gasteiger partial charge in [-0.1, -0.05) is 0 Å². The first-order valence-corrected chi connectivity index (χ1v) is 10.9. The molecule has 1 aromatic heterocycles. The number of nitrogens with one attached hydrogen (secondary N) is 1. The van der Waals surface area contributed by atoms with E-state index in [1.165, 1.54) is 18.5 Å². The van der Waals surface area contributed by atoms with Crippen LogP contribution >= 0.6 is 0 Å². The van der Waals surface area contributed by atoms with Gasteiger partial charge < -0.3 is 19.7 Å². The number of nitrogens with zero attached hydrogens (tertiary/aromatic N) is 3. The maximum absolute atomic E-state index is 13.2. The molecule has 1 amide bonds. The summed E-state index contributed by atoms with van der Waals surface area (Å²) in [5.74, 6) is 1.92. The number of amides is 1. The van der Waals surface area contributed by atoms with Crippen molar-refractivity contribution in [2.24, 2.45) is 5.92 Å². The van der Waals surface area contributed by atoms with E-state index >= 15 is 0 Å². The van der Waals surface area contributed by atoms with Gasteiger partial charge in [0.2, 0.25) is 5.91 Å². The second-order valence-corrected chi connectivity index (χ2v) is 7.93. The van der Waals surface area contributed by atoms with Gasteiger partial charge in [-0.25, -0.2) is 14.4 Å². The van der Waals surface area contributed by atoms with Crippen LogP contribution < -0.4 is 19.7 Å². The van der Waals surface area contributed by atoms with Crippen molar-refractivity contribution in [2.45, 2.75) is 19.4 Å². The van der Waals surface area contributed by atoms with Crippen molar-refractivity contribution in [3.05, 3.63) is 66.2 Å². The molecular formula is C25H27FN4O3. The molecule has 33 heavy (non-hydrogen) atoms. The molecule has 0 radical (unpaired) electrons. The number of methoxy groups -OCH3 is 2. The van der Waals surface area contributed by atoms with E-state index in [1.54, 1.807) is 26.4 Å². The van der Waals surface area contributed by atoms with Gasteiger partial charge in [-0.3, -0.25) is 4.79 Å². The summed E-state index contributed by atoms with van der Waals surface area (Å²) >= 11 is 0. The summed E-state index contributed by atoms with van der Waals surface area (Å²) in [6.45, 7) is 1.85. The van der Waals surface area contributed by atoms with Crippen LogP contribution in [0.5, 0.6) is 11.5 Å². The van der Waals surface area contributed by atoms with Crippen LogP contribution in [0.4, 0.5) is 10.2 Å². The molecule has 172 valence electrons. The van der Waals surface area contributed by atoms with Crippen LogP contribution in [-0.4, -0.2) is 43.2 Å². The summed E-state index contributed by atoms with van der Waals surface area (Å²) in [6, 6.07) is 13.7. The van der Waals surface area contributed by atoms with E-state index in [-0.39, 0.29) is 17.6 Å². The summed E-state index contributed by atoms with van der Waals surface area (Å²) in [5, 5.41) is 3.04. The zero-order valence-electron chi connectivity index (χ0n) is 18.8. The first-order chi connectivity index (χ1) is 16.1. The van der Waals surface area contributed by atoms with Gasteiger partial charge in [0.15, 0.2) is 0 Å². The minimum absolute atomic E-state index is 0.0437. The van der Waals surface area contributed by atoms with Gasteiger partial charge in [-0.05, 0) is 49.2 Å². The quantitative estimate of drug-likeness (QED) is 0.590. The van der Waals surface area contributed by atoms with Crippen LogP contribution in [0.15, 0.2) is 54.9 Å². The lowest BCUT2D eigenvalue weighted by atomic mass is 9.95. The number of carbonyl (C=O) groups excluding carboxylic acids is 1. The number of benzene rings is 2. The smallest absolute Gasteiger partial charge is 0.223 e. The van der Waals surface area contributed by atoms with Crippen LogP contribution in [0.3, 0.4) is 0 Å². The highest BCUT2D eigenvalue weighted by atomic mass is 19.1. The van der Waals surface area contributed by atoms with Gasteiger partial charge in [0.1, 0.15) is 29.5 Å². The van der Waals surface area contributed by atoms with Crippen molar-refractivity contribution in [2.75, 3.05) is 32.2 Å². The van der Waals surface area contributed by atoms with E-state index in [0.29, 0.717) is 18.0 Å². The van der Waals surface area contributed by atoms with E-state index in [9.17, 15) is 9.18 Å². The standard InChI is InChI=1S/C25H27FN4O3/c1-32-21-8-5-19(23(13-21)33-2)15-27-25(31)18-9-11-30(12-10-18)24-14-22(28-16-29-24)17-3-6-20(26)7-4-17/h3-8,13-14,16,18H,9-12,15H2,1-2H3,(H,27,31). The molecule has 8 heteroatoms. The largest absolute Gasteiger partial charge is 0.497 e. The molecule has 0 saturated carbocycles. The van der Waals surface area contributed by atoms with Crippen molar-refractivity contribution in [1.29, 1.82) is 0 Å². The van der Waals surface area contributed by atoms with Gasteiger partial charge in [0, 0.05) is 48.8 Å². The monoisotopic (exact) mass is 450 g/mol. The van der Waals surface area contributed by atoms with E-state index in [4.69, 9.17) is 9.47 Å². The first-order valence-electron chi connectivity index (χ1n) is 10.9. The molecule has 7 nitrogen and oxygen atoms in total. The van der Waals surface area contributed by atoms with Crippen molar-refractivity contribution >= 4 is 11.7 Å². The summed E-state index contributed by atoms with van der Waals surface area (Å²) in [5.41, 5.74) is 2.48. The fraction of sp³-hybridized carbons (Fsp3) is 0.320. The molecule has 0 spiro atoms. The Labute approximate surface area is 192 Å². The Morgan fingerprint density at radius 3 is 2.52 bits per heavy atom. The number of halogens is 1. The third-order valence-corrected chi connectivity index (χ3v) is 5.93. The summed E-state index contributed by atoms with van der Waals surface area (Å²) in [6.07, 6.45) is 3.00. The number of ether oxygens (including phenoxy) is 2. The highest BCUT2D eigenvalue weighted by Crippen LogP contribution is 2.27. The fourth-order valence-corrected chi connectivity index (χ4v) is 3.99. The van der Waals surface area contributed by atoms with Crippen LogP contribution in [0.2, 0.25) is 0 Å². The zero-order chi connectivity index (χ0) is 23.2. The third kappa shape index (κ3) is 5.39. The number of hydrogen-bond acceptors (Lipinski definition) is 6. The molecule has 1 aliphatic heterocycles. The molecule has 0 atom stereocenters. The van der Waals surface area contributed by atoms with Crippen LogP contribution in [0.1, 0.15) is 18.4 Å². The SMILES string of the molecule is COc1ccc(CNC(=O)C2CCN(c3cc(-c4ccc(F)cc4)ncn3)CC2)c(OC)c1. The van der Waals surface area contributed by atoms with Gasteiger partial charge in [0.25, 0.3) is 0 Å². The Hall–Kier alpha value is -3.68. The Kier molecular flexibility index (Phi) is 7.02. The predicted octanol–water partition coefficient (Wildman–Crippen LogP) is 3.83. The molecule has 0 aliphatic carbocycles. The number of carbonyl (C=O) groups is 1. The number of rotatable bonds is 7. The lowest BCUT2D eigenvalue weighted by Crippen LogP contribution is -2.40. The number of anilines is 1. The molecule has 1 saturated heterocycles. The van der Waals surface area contributed by atoms with E-state index in [2.05, 4.69) is 20.2 Å². The Morgan fingerprint density at radius 2 is 1.82 bits per heavy atom. The number of aromatic nitrogens is 2. The van der Waals surface area contributed by atoms with Gasteiger partial charge >= 0.3 is 0 Å². The van der Waals surface area contributed by atoms with E-state index < -0.39 is 0 Å². The topological polar surface area (TPSA) is 76.6 Å². The minimum atomic E-state index is -0.279. The molecule has 4 rings (SSSR count). The number of hydrogen-bond donors (Lipinski definition) is 1. The van der Waals surface area contributed by atoms with Crippen molar-refractivity contribution in [1.82, 2.24) is 15.3 Å². The molecule has 1 N–H and O–H groups in total. The second kappa shape index (κ2) is 10.3. The Balaban J connectivity index is 1.33. The van der Waals surface area contributed by atoms with Crippen LogP contribution in [0, 0.1) is 11.7 Å². The maximum atomic E-state index is 13.2. The Morgan fingerprint density at radius 1 is 1.06 bits per heavy atom. The molecule has 2 aromatic carbocycles. The second-order valence-electron chi connectivity index (χ2n) is 7.93. The highest BCUT2D eigenvalue weighted by molar-refractivity contribution is 5.79. The lowest BCUT2D eigenvalue weighted by Gasteiger charge is -2.32. The maximum Gasteiger partial charge on any atom is 0.223 e. The van der Waals surface area contributed by atoms with Crippen molar-refractivity contribution in [3.63, 3.8) is 0 Å². The third-order valence-electron chi connectivity index (χ3n) is 5.93. The molecule has 3 aromatic rings. The molecular weight excluding hydrogens is 423 g/mol. The average Bonchev–Trinajstić information content (AvgIpc) is 2.87. The zero-order valence-corrected chi connectivity index (χ0v) is 18.8. The molecule has 2 heterocycles. The fourth-order valence-electron chi connectivity index (χ4n) is 3.99. The first kappa shape index (κ1) is 22.5. The van der Waals surface area contributed by atoms with Crippen molar-refractivity contribution in [3.8, 4) is 22.8 Å². The van der Waals surface area contributed by atoms with E-state index in [0.717, 1.165) is 48.6 Å². The van der Waals surface area contributed by atoms with Crippen molar-refractivity contribution < 1.29 is 18.7 Å². The molecule has 0 unspecified atom stereocenters. The lowest BCUT2D eigenvalue weighted by molar-refractivity contribution is -0.125. The summed E-state index contributed by atoms with van der Waals surface area (Å²) < 4.78 is 23.8. The van der Waals surface area contributed by atoms with Gasteiger partial charge in [0.05, 0.1) is 19.9 Å². The normalized spacial score (nSPS) is 14.1. The van der Waals surface area contributed by atoms with Gasteiger partial charge in [-0.15, -0.1) is 0 Å². The van der Waals surface area contributed by atoms with Crippen LogP contribution in [-0.2, 0) is 11.3 Å².